The van der Waals surface area contributed by atoms with Crippen LogP contribution in [0.1, 0.15) is 5.56 Å². The molecule has 0 aliphatic carbocycles. The number of hydrogen-bond donors (Lipinski definition) is 2. The van der Waals surface area contributed by atoms with Crippen LogP contribution in [-0.4, -0.2) is 37.2 Å². The van der Waals surface area contributed by atoms with Crippen LogP contribution in [0.15, 0.2) is 18.2 Å². The van der Waals surface area contributed by atoms with Crippen LogP contribution in [0.5, 0.6) is 0 Å². The first kappa shape index (κ1) is 17.4. The van der Waals surface area contributed by atoms with Crippen LogP contribution in [0.25, 0.3) is 0 Å². The number of carbonyl (C=O) groups excluding carboxylic acids is 2. The SMILES string of the molecule is Cc1cc(NC(=O)OCCCl)cc(NC(=O)OCCCl)c1. The zero-order valence-electron chi connectivity index (χ0n) is 11.4. The minimum Gasteiger partial charge on any atom is -0.448 e. The quantitative estimate of drug-likeness (QED) is 0.779. The predicted octanol–water partition coefficient (Wildman–Crippen LogP) is 3.57. The summed E-state index contributed by atoms with van der Waals surface area (Å²) < 4.78 is 9.60. The van der Waals surface area contributed by atoms with Crippen molar-refractivity contribution in [2.75, 3.05) is 35.6 Å². The zero-order chi connectivity index (χ0) is 15.7. The molecule has 6 nitrogen and oxygen atoms in total. The molecule has 0 heterocycles. The Morgan fingerprint density at radius 2 is 1.38 bits per heavy atom. The molecule has 0 aliphatic heterocycles. The molecule has 0 aliphatic rings. The van der Waals surface area contributed by atoms with Crippen molar-refractivity contribution in [3.63, 3.8) is 0 Å². The van der Waals surface area contributed by atoms with Gasteiger partial charge in [0.25, 0.3) is 0 Å². The molecule has 2 amide bonds. The number of anilines is 2. The van der Waals surface area contributed by atoms with Gasteiger partial charge in [-0.2, -0.15) is 0 Å². The van der Waals surface area contributed by atoms with E-state index in [0.717, 1.165) is 5.56 Å². The maximum Gasteiger partial charge on any atom is 0.411 e. The van der Waals surface area contributed by atoms with Gasteiger partial charge in [-0.05, 0) is 30.7 Å². The van der Waals surface area contributed by atoms with Crippen LogP contribution < -0.4 is 10.6 Å². The second kappa shape index (κ2) is 9.31. The summed E-state index contributed by atoms with van der Waals surface area (Å²) in [5.74, 6) is 0.445. The van der Waals surface area contributed by atoms with Crippen LogP contribution in [-0.2, 0) is 9.47 Å². The number of nitrogens with one attached hydrogen (secondary N) is 2. The van der Waals surface area contributed by atoms with E-state index in [1.807, 2.05) is 6.92 Å². The number of amides is 2. The van der Waals surface area contributed by atoms with Crippen molar-refractivity contribution in [1.29, 1.82) is 0 Å². The Labute approximate surface area is 132 Å². The zero-order valence-corrected chi connectivity index (χ0v) is 13.0. The second-order valence-corrected chi connectivity index (χ2v) is 4.74. The van der Waals surface area contributed by atoms with Gasteiger partial charge in [-0.1, -0.05) is 0 Å². The highest BCUT2D eigenvalue weighted by atomic mass is 35.5. The fourth-order valence-electron chi connectivity index (χ4n) is 1.50. The third-order valence-corrected chi connectivity index (χ3v) is 2.50. The molecule has 2 N–H and O–H groups in total. The first-order valence-corrected chi connectivity index (χ1v) is 7.23. The van der Waals surface area contributed by atoms with Crippen LogP contribution in [0.2, 0.25) is 0 Å². The molecule has 0 radical (unpaired) electrons. The molecule has 0 bridgehead atoms. The van der Waals surface area contributed by atoms with E-state index in [9.17, 15) is 9.59 Å². The van der Waals surface area contributed by atoms with Crippen molar-refractivity contribution >= 4 is 46.8 Å². The molecule has 0 aromatic heterocycles. The minimum absolute atomic E-state index is 0.120. The maximum atomic E-state index is 11.4. The standard InChI is InChI=1S/C13H16Cl2N2O4/c1-9-6-10(16-12(18)20-4-2-14)8-11(7-9)17-13(19)21-5-3-15/h6-8H,2-5H2,1H3,(H,16,18)(H,17,19). The van der Waals surface area contributed by atoms with Crippen LogP contribution in [0.4, 0.5) is 21.0 Å². The lowest BCUT2D eigenvalue weighted by molar-refractivity contribution is 0.168. The normalized spacial score (nSPS) is 9.86. The Hall–Kier alpha value is -1.66. The Bertz CT molecular complexity index is 457. The number of ether oxygens (including phenoxy) is 2. The summed E-state index contributed by atoms with van der Waals surface area (Å²) in [5.41, 5.74) is 1.82. The third-order valence-electron chi connectivity index (χ3n) is 2.19. The predicted molar refractivity (Wildman–Crippen MR) is 82.6 cm³/mol. The number of alkyl halides is 2. The molecule has 1 aromatic rings. The van der Waals surface area contributed by atoms with Crippen molar-refractivity contribution < 1.29 is 19.1 Å². The van der Waals surface area contributed by atoms with Crippen molar-refractivity contribution in [2.45, 2.75) is 6.92 Å². The molecule has 116 valence electrons. The van der Waals surface area contributed by atoms with E-state index >= 15 is 0 Å². The summed E-state index contributed by atoms with van der Waals surface area (Å²) in [4.78, 5) is 22.9. The largest absolute Gasteiger partial charge is 0.448 e. The molecule has 21 heavy (non-hydrogen) atoms. The van der Waals surface area contributed by atoms with Gasteiger partial charge in [0.15, 0.2) is 0 Å². The van der Waals surface area contributed by atoms with Gasteiger partial charge in [0, 0.05) is 11.4 Å². The number of carbonyl (C=O) groups is 2. The van der Waals surface area contributed by atoms with Gasteiger partial charge < -0.3 is 9.47 Å². The molecular weight excluding hydrogens is 319 g/mol. The van der Waals surface area contributed by atoms with Crippen LogP contribution >= 0.6 is 23.2 Å². The minimum atomic E-state index is -0.614. The molecule has 0 spiro atoms. The third kappa shape index (κ3) is 7.06. The highest BCUT2D eigenvalue weighted by molar-refractivity contribution is 6.18. The molecule has 0 atom stereocenters. The van der Waals surface area contributed by atoms with Gasteiger partial charge in [-0.15, -0.1) is 23.2 Å². The Balaban J connectivity index is 2.66. The molecule has 0 unspecified atom stereocenters. The Morgan fingerprint density at radius 3 is 1.76 bits per heavy atom. The fourth-order valence-corrected chi connectivity index (χ4v) is 1.65. The molecule has 0 saturated heterocycles. The van der Waals surface area contributed by atoms with E-state index < -0.39 is 12.2 Å². The molecule has 0 fully saturated rings. The first-order chi connectivity index (χ1) is 10.0. The van der Waals surface area contributed by atoms with E-state index in [-0.39, 0.29) is 25.0 Å². The molecule has 0 saturated carbocycles. The van der Waals surface area contributed by atoms with E-state index in [2.05, 4.69) is 10.6 Å². The number of rotatable bonds is 6. The average Bonchev–Trinajstić information content (AvgIpc) is 2.42. The highest BCUT2D eigenvalue weighted by Crippen LogP contribution is 2.19. The van der Waals surface area contributed by atoms with Crippen molar-refractivity contribution in [3.8, 4) is 0 Å². The Morgan fingerprint density at radius 1 is 0.952 bits per heavy atom. The van der Waals surface area contributed by atoms with Crippen molar-refractivity contribution in [2.24, 2.45) is 0 Å². The summed E-state index contributed by atoms with van der Waals surface area (Å²) in [6.45, 7) is 2.06. The smallest absolute Gasteiger partial charge is 0.411 e. The van der Waals surface area contributed by atoms with Gasteiger partial charge in [0.2, 0.25) is 0 Å². The number of halogens is 2. The Kier molecular flexibility index (Phi) is 7.71. The summed E-state index contributed by atoms with van der Waals surface area (Å²) in [7, 11) is 0. The van der Waals surface area contributed by atoms with Gasteiger partial charge in [0.05, 0.1) is 11.8 Å². The number of hydrogen-bond acceptors (Lipinski definition) is 4. The number of benzene rings is 1. The highest BCUT2D eigenvalue weighted by Gasteiger charge is 2.07. The molecule has 8 heteroatoms. The van der Waals surface area contributed by atoms with Gasteiger partial charge in [0.1, 0.15) is 13.2 Å². The molecular formula is C13H16Cl2N2O4. The van der Waals surface area contributed by atoms with Gasteiger partial charge >= 0.3 is 12.2 Å². The molecule has 1 rings (SSSR count). The summed E-state index contributed by atoms with van der Waals surface area (Å²) in [5, 5.41) is 5.08. The van der Waals surface area contributed by atoms with E-state index in [0.29, 0.717) is 11.4 Å². The van der Waals surface area contributed by atoms with Gasteiger partial charge in [-0.25, -0.2) is 9.59 Å². The lowest BCUT2D eigenvalue weighted by Crippen LogP contribution is -2.17. The first-order valence-electron chi connectivity index (χ1n) is 6.16. The van der Waals surface area contributed by atoms with Crippen LogP contribution in [0, 0.1) is 6.92 Å². The maximum absolute atomic E-state index is 11.4. The topological polar surface area (TPSA) is 76.7 Å². The van der Waals surface area contributed by atoms with E-state index in [1.165, 1.54) is 0 Å². The van der Waals surface area contributed by atoms with Crippen LogP contribution in [0.3, 0.4) is 0 Å². The summed E-state index contributed by atoms with van der Waals surface area (Å²) >= 11 is 10.8. The summed E-state index contributed by atoms with van der Waals surface area (Å²) in [6, 6.07) is 5.05. The monoisotopic (exact) mass is 334 g/mol. The average molecular weight is 335 g/mol. The number of aryl methyl sites for hydroxylation is 1. The van der Waals surface area contributed by atoms with Crippen molar-refractivity contribution in [1.82, 2.24) is 0 Å². The summed E-state index contributed by atoms with van der Waals surface area (Å²) in [6.07, 6.45) is -1.23. The van der Waals surface area contributed by atoms with Crippen molar-refractivity contribution in [3.05, 3.63) is 23.8 Å². The van der Waals surface area contributed by atoms with Gasteiger partial charge in [-0.3, -0.25) is 10.6 Å². The lowest BCUT2D eigenvalue weighted by atomic mass is 10.2. The second-order valence-electron chi connectivity index (χ2n) is 3.99. The van der Waals surface area contributed by atoms with E-state index in [1.54, 1.807) is 18.2 Å². The molecule has 1 aromatic carbocycles. The fraction of sp³-hybridized carbons (Fsp3) is 0.385. The lowest BCUT2D eigenvalue weighted by Gasteiger charge is -2.10. The van der Waals surface area contributed by atoms with E-state index in [4.69, 9.17) is 32.7 Å².